The lowest BCUT2D eigenvalue weighted by molar-refractivity contribution is -0.153. The highest BCUT2D eigenvalue weighted by molar-refractivity contribution is 6.31. The van der Waals surface area contributed by atoms with Crippen LogP contribution in [0.4, 0.5) is 0 Å². The lowest BCUT2D eigenvalue weighted by atomic mass is 10.0. The minimum absolute atomic E-state index is 0.210. The van der Waals surface area contributed by atoms with Gasteiger partial charge in [-0.2, -0.15) is 0 Å². The molecule has 4 nitrogen and oxygen atoms in total. The minimum atomic E-state index is -1.37. The Labute approximate surface area is 109 Å². The maximum Gasteiger partial charge on any atom is 0.339 e. The molecule has 1 unspecified atom stereocenters. The van der Waals surface area contributed by atoms with Crippen LogP contribution in [0.1, 0.15) is 18.6 Å². The Kier molecular flexibility index (Phi) is 3.79. The maximum atomic E-state index is 11.6. The Morgan fingerprint density at radius 1 is 1.56 bits per heavy atom. The predicted octanol–water partition coefficient (Wildman–Crippen LogP) is 2.48. The molecule has 1 aromatic heterocycles. The monoisotopic (exact) mass is 265 g/mol. The standard InChI is InChI=1S/C13H12ClNO3/c1-2-18-13(17)12(16)10-7-9(14)6-8-4-3-5-15-11(8)10/h3-7,12,16H,2H2,1H3. The molecule has 1 atom stereocenters. The van der Waals surface area contributed by atoms with Crippen molar-refractivity contribution in [3.63, 3.8) is 0 Å². The van der Waals surface area contributed by atoms with Gasteiger partial charge in [0, 0.05) is 22.2 Å². The number of aliphatic hydroxyl groups excluding tert-OH is 1. The second-order valence-corrected chi connectivity index (χ2v) is 4.16. The third-order valence-corrected chi connectivity index (χ3v) is 2.72. The van der Waals surface area contributed by atoms with Gasteiger partial charge in [-0.05, 0) is 25.1 Å². The quantitative estimate of drug-likeness (QED) is 0.866. The number of benzene rings is 1. The first kappa shape index (κ1) is 12.8. The number of ether oxygens (including phenoxy) is 1. The summed E-state index contributed by atoms with van der Waals surface area (Å²) in [5.74, 6) is -0.702. The number of fused-ring (bicyclic) bond motifs is 1. The topological polar surface area (TPSA) is 59.4 Å². The van der Waals surface area contributed by atoms with Gasteiger partial charge in [-0.3, -0.25) is 4.98 Å². The van der Waals surface area contributed by atoms with E-state index in [4.69, 9.17) is 16.3 Å². The van der Waals surface area contributed by atoms with Crippen LogP contribution < -0.4 is 0 Å². The van der Waals surface area contributed by atoms with Crippen molar-refractivity contribution in [2.45, 2.75) is 13.0 Å². The Bertz CT molecular complexity index is 585. The molecule has 1 N–H and O–H groups in total. The van der Waals surface area contributed by atoms with Gasteiger partial charge in [0.25, 0.3) is 0 Å². The van der Waals surface area contributed by atoms with Crippen LogP contribution in [0.2, 0.25) is 5.02 Å². The molecule has 18 heavy (non-hydrogen) atoms. The van der Waals surface area contributed by atoms with Gasteiger partial charge in [-0.25, -0.2) is 4.79 Å². The molecule has 0 spiro atoms. The number of halogens is 1. The van der Waals surface area contributed by atoms with Gasteiger partial charge in [-0.1, -0.05) is 17.7 Å². The summed E-state index contributed by atoms with van der Waals surface area (Å²) in [6.07, 6.45) is 0.221. The van der Waals surface area contributed by atoms with E-state index in [9.17, 15) is 9.90 Å². The van der Waals surface area contributed by atoms with E-state index in [0.717, 1.165) is 5.39 Å². The van der Waals surface area contributed by atoms with Crippen LogP contribution in [0.15, 0.2) is 30.5 Å². The Morgan fingerprint density at radius 2 is 2.33 bits per heavy atom. The minimum Gasteiger partial charge on any atom is -0.464 e. The zero-order valence-electron chi connectivity index (χ0n) is 9.76. The molecule has 0 bridgehead atoms. The van der Waals surface area contributed by atoms with Gasteiger partial charge < -0.3 is 9.84 Å². The first-order chi connectivity index (χ1) is 8.63. The lowest BCUT2D eigenvalue weighted by Crippen LogP contribution is -2.16. The molecule has 0 saturated heterocycles. The number of hydrogen-bond acceptors (Lipinski definition) is 4. The maximum absolute atomic E-state index is 11.6. The number of rotatable bonds is 3. The number of esters is 1. The summed E-state index contributed by atoms with van der Waals surface area (Å²) in [7, 11) is 0. The number of hydrogen-bond donors (Lipinski definition) is 1. The van der Waals surface area contributed by atoms with Gasteiger partial charge in [0.1, 0.15) is 0 Å². The van der Waals surface area contributed by atoms with Crippen molar-refractivity contribution < 1.29 is 14.6 Å². The molecule has 0 saturated carbocycles. The summed E-state index contributed by atoms with van der Waals surface area (Å²) in [4.78, 5) is 15.7. The second kappa shape index (κ2) is 5.33. The van der Waals surface area contributed by atoms with Crippen LogP contribution in [0.3, 0.4) is 0 Å². The van der Waals surface area contributed by atoms with Crippen molar-refractivity contribution in [2.24, 2.45) is 0 Å². The van der Waals surface area contributed by atoms with E-state index in [2.05, 4.69) is 4.98 Å². The molecule has 2 aromatic rings. The average molecular weight is 266 g/mol. The fourth-order valence-electron chi connectivity index (χ4n) is 1.74. The van der Waals surface area contributed by atoms with Gasteiger partial charge in [0.05, 0.1) is 12.1 Å². The number of aromatic nitrogens is 1. The number of nitrogens with zero attached hydrogens (tertiary/aromatic N) is 1. The first-order valence-electron chi connectivity index (χ1n) is 5.52. The molecule has 0 radical (unpaired) electrons. The summed E-state index contributed by atoms with van der Waals surface area (Å²) >= 11 is 5.96. The zero-order chi connectivity index (χ0) is 13.1. The molecule has 94 valence electrons. The van der Waals surface area contributed by atoms with Gasteiger partial charge in [-0.15, -0.1) is 0 Å². The highest BCUT2D eigenvalue weighted by Gasteiger charge is 2.22. The van der Waals surface area contributed by atoms with E-state index >= 15 is 0 Å². The van der Waals surface area contributed by atoms with E-state index < -0.39 is 12.1 Å². The fourth-order valence-corrected chi connectivity index (χ4v) is 1.97. The van der Waals surface area contributed by atoms with Crippen LogP contribution in [-0.2, 0) is 9.53 Å². The number of carbonyl (C=O) groups excluding carboxylic acids is 1. The van der Waals surface area contributed by atoms with Crippen molar-refractivity contribution >= 4 is 28.5 Å². The normalized spacial score (nSPS) is 12.4. The number of pyridine rings is 1. The molecule has 0 amide bonds. The SMILES string of the molecule is CCOC(=O)C(O)c1cc(Cl)cc2cccnc12. The Hall–Kier alpha value is -1.65. The molecule has 1 heterocycles. The smallest absolute Gasteiger partial charge is 0.339 e. The van der Waals surface area contributed by atoms with Crippen molar-refractivity contribution in [2.75, 3.05) is 6.61 Å². The molecular weight excluding hydrogens is 254 g/mol. The molecule has 0 fully saturated rings. The molecule has 5 heteroatoms. The third kappa shape index (κ3) is 2.44. The summed E-state index contributed by atoms with van der Waals surface area (Å²) in [5.41, 5.74) is 0.902. The summed E-state index contributed by atoms with van der Waals surface area (Å²) in [6, 6.07) is 6.83. The number of carbonyl (C=O) groups is 1. The predicted molar refractivity (Wildman–Crippen MR) is 68.3 cm³/mol. The molecule has 0 aliphatic rings. The molecular formula is C13H12ClNO3. The van der Waals surface area contributed by atoms with Crippen molar-refractivity contribution in [1.29, 1.82) is 0 Å². The van der Waals surface area contributed by atoms with Gasteiger partial charge >= 0.3 is 5.97 Å². The molecule has 2 rings (SSSR count). The van der Waals surface area contributed by atoms with Crippen LogP contribution in [0.5, 0.6) is 0 Å². The fraction of sp³-hybridized carbons (Fsp3) is 0.231. The average Bonchev–Trinajstić information content (AvgIpc) is 2.37. The van der Waals surface area contributed by atoms with Crippen LogP contribution in [0, 0.1) is 0 Å². The highest BCUT2D eigenvalue weighted by Crippen LogP contribution is 2.27. The first-order valence-corrected chi connectivity index (χ1v) is 5.90. The van der Waals surface area contributed by atoms with E-state index in [1.807, 2.05) is 6.07 Å². The largest absolute Gasteiger partial charge is 0.464 e. The third-order valence-electron chi connectivity index (χ3n) is 2.50. The Morgan fingerprint density at radius 3 is 3.06 bits per heavy atom. The van der Waals surface area contributed by atoms with E-state index in [1.54, 1.807) is 25.3 Å². The van der Waals surface area contributed by atoms with Crippen molar-refractivity contribution in [1.82, 2.24) is 4.98 Å². The summed E-state index contributed by atoms with van der Waals surface area (Å²) in [5, 5.41) is 11.2. The second-order valence-electron chi connectivity index (χ2n) is 3.72. The van der Waals surface area contributed by atoms with Gasteiger partial charge in [0.15, 0.2) is 6.10 Å². The lowest BCUT2D eigenvalue weighted by Gasteiger charge is -2.12. The number of aliphatic hydroxyl groups is 1. The van der Waals surface area contributed by atoms with E-state index in [-0.39, 0.29) is 6.61 Å². The van der Waals surface area contributed by atoms with E-state index in [0.29, 0.717) is 16.1 Å². The van der Waals surface area contributed by atoms with Crippen LogP contribution >= 0.6 is 11.6 Å². The van der Waals surface area contributed by atoms with Crippen molar-refractivity contribution in [3.05, 3.63) is 41.0 Å². The summed E-state index contributed by atoms with van der Waals surface area (Å²) < 4.78 is 4.79. The highest BCUT2D eigenvalue weighted by atomic mass is 35.5. The Balaban J connectivity index is 2.52. The van der Waals surface area contributed by atoms with Gasteiger partial charge in [0.2, 0.25) is 0 Å². The summed E-state index contributed by atoms with van der Waals surface area (Å²) in [6.45, 7) is 1.89. The molecule has 0 aliphatic heterocycles. The molecule has 1 aromatic carbocycles. The van der Waals surface area contributed by atoms with Crippen LogP contribution in [-0.4, -0.2) is 22.7 Å². The van der Waals surface area contributed by atoms with Crippen molar-refractivity contribution in [3.8, 4) is 0 Å². The molecule has 0 aliphatic carbocycles. The van der Waals surface area contributed by atoms with E-state index in [1.165, 1.54) is 6.07 Å². The zero-order valence-corrected chi connectivity index (χ0v) is 10.5. The van der Waals surface area contributed by atoms with Crippen LogP contribution in [0.25, 0.3) is 10.9 Å².